The lowest BCUT2D eigenvalue weighted by Crippen LogP contribution is -2.18. The van der Waals surface area contributed by atoms with Gasteiger partial charge in [0.05, 0.1) is 0 Å². The highest BCUT2D eigenvalue weighted by Gasteiger charge is 1.94. The summed E-state index contributed by atoms with van der Waals surface area (Å²) in [6.45, 7) is 2.82. The van der Waals surface area contributed by atoms with E-state index in [1.807, 2.05) is 0 Å². The Morgan fingerprint density at radius 2 is 2.31 bits per heavy atom. The summed E-state index contributed by atoms with van der Waals surface area (Å²) in [6.07, 6.45) is 2.11. The Morgan fingerprint density at radius 1 is 1.54 bits per heavy atom. The van der Waals surface area contributed by atoms with Gasteiger partial charge in [0.25, 0.3) is 0 Å². The molecule has 3 nitrogen and oxygen atoms in total. The summed E-state index contributed by atoms with van der Waals surface area (Å²) in [4.78, 5) is 4.18. The van der Waals surface area contributed by atoms with Crippen molar-refractivity contribution in [1.82, 2.24) is 4.73 Å². The summed E-state index contributed by atoms with van der Waals surface area (Å²) in [5, 5.41) is 9.66. The minimum Gasteiger partial charge on any atom is -0.426 e. The van der Waals surface area contributed by atoms with Gasteiger partial charge >= 0.3 is 0 Å². The van der Waals surface area contributed by atoms with Gasteiger partial charge in [-0.2, -0.15) is 4.73 Å². The predicted octanol–water partition coefficient (Wildman–Crippen LogP) is 2.08. The Kier molecular flexibility index (Phi) is 3.83. The number of hydrogen-bond acceptors (Lipinski definition) is 2. The van der Waals surface area contributed by atoms with Crippen LogP contribution in [0.1, 0.15) is 19.8 Å². The minimum absolute atomic E-state index is 0.276. The summed E-state index contributed by atoms with van der Waals surface area (Å²) >= 11 is 5.68. The van der Waals surface area contributed by atoms with E-state index in [1.54, 1.807) is 18.2 Å². The molecule has 1 aromatic heterocycles. The van der Waals surface area contributed by atoms with Crippen molar-refractivity contribution in [3.8, 4) is 0 Å². The Labute approximate surface area is 82.3 Å². The van der Waals surface area contributed by atoms with Gasteiger partial charge in [-0.15, -0.1) is 0 Å². The van der Waals surface area contributed by atoms with Crippen LogP contribution < -0.4 is 5.49 Å². The molecule has 0 amide bonds. The van der Waals surface area contributed by atoms with Gasteiger partial charge in [-0.3, -0.25) is 4.99 Å². The summed E-state index contributed by atoms with van der Waals surface area (Å²) in [7, 11) is 0. The van der Waals surface area contributed by atoms with Crippen LogP contribution in [0.5, 0.6) is 0 Å². The number of hydrogen-bond donors (Lipinski definition) is 1. The molecule has 0 saturated heterocycles. The average molecular weight is 201 g/mol. The van der Waals surface area contributed by atoms with Gasteiger partial charge in [0.1, 0.15) is 5.15 Å². The normalized spacial score (nSPS) is 12.0. The third-order valence-corrected chi connectivity index (χ3v) is 1.97. The van der Waals surface area contributed by atoms with E-state index in [-0.39, 0.29) is 5.15 Å². The second-order valence-electron chi connectivity index (χ2n) is 2.75. The van der Waals surface area contributed by atoms with Crippen LogP contribution in [0.25, 0.3) is 0 Å². The molecule has 0 saturated carbocycles. The van der Waals surface area contributed by atoms with Gasteiger partial charge in [0.15, 0.2) is 5.49 Å². The van der Waals surface area contributed by atoms with Crippen molar-refractivity contribution in [2.45, 2.75) is 19.8 Å². The molecule has 0 aliphatic carbocycles. The Morgan fingerprint density at radius 3 is 3.00 bits per heavy atom. The minimum atomic E-state index is 0.276. The van der Waals surface area contributed by atoms with Crippen LogP contribution in [-0.4, -0.2) is 16.5 Å². The van der Waals surface area contributed by atoms with Crippen LogP contribution in [0.2, 0.25) is 5.15 Å². The van der Waals surface area contributed by atoms with E-state index in [2.05, 4.69) is 11.9 Å². The van der Waals surface area contributed by atoms with Gasteiger partial charge in [0.2, 0.25) is 0 Å². The monoisotopic (exact) mass is 200 g/mol. The van der Waals surface area contributed by atoms with Crippen LogP contribution in [0.15, 0.2) is 23.2 Å². The van der Waals surface area contributed by atoms with E-state index >= 15 is 0 Å². The largest absolute Gasteiger partial charge is 0.426 e. The Balaban J connectivity index is 2.87. The van der Waals surface area contributed by atoms with E-state index in [4.69, 9.17) is 11.6 Å². The Bertz CT molecular complexity index is 333. The first-order chi connectivity index (χ1) is 6.25. The van der Waals surface area contributed by atoms with Gasteiger partial charge in [-0.1, -0.05) is 31.0 Å². The van der Waals surface area contributed by atoms with Crippen molar-refractivity contribution in [1.29, 1.82) is 0 Å². The van der Waals surface area contributed by atoms with Gasteiger partial charge in [-0.25, -0.2) is 0 Å². The number of halogens is 1. The van der Waals surface area contributed by atoms with Gasteiger partial charge < -0.3 is 5.21 Å². The number of unbranched alkanes of at least 4 members (excludes halogenated alkanes) is 1. The zero-order chi connectivity index (χ0) is 9.68. The van der Waals surface area contributed by atoms with Crippen LogP contribution in [0.3, 0.4) is 0 Å². The summed E-state index contributed by atoms with van der Waals surface area (Å²) < 4.78 is 0.886. The molecule has 0 unspecified atom stereocenters. The topological polar surface area (TPSA) is 37.5 Å². The molecule has 0 radical (unpaired) electrons. The fourth-order valence-electron chi connectivity index (χ4n) is 0.936. The van der Waals surface area contributed by atoms with Crippen molar-refractivity contribution in [2.75, 3.05) is 6.54 Å². The fourth-order valence-corrected chi connectivity index (χ4v) is 1.09. The standard InChI is InChI=1S/C9H13ClN2O/c1-2-3-7-11-9-6-4-5-8(10)12(9)13/h4-6,13H,2-3,7H2,1H3. The quantitative estimate of drug-likeness (QED) is 0.453. The first kappa shape index (κ1) is 10.1. The average Bonchev–Trinajstić information content (AvgIpc) is 2.13. The molecule has 0 atom stereocenters. The number of nitrogens with zero attached hydrogens (tertiary/aromatic N) is 2. The third-order valence-electron chi connectivity index (χ3n) is 1.68. The maximum Gasteiger partial charge on any atom is 0.165 e. The molecule has 1 aromatic rings. The highest BCUT2D eigenvalue weighted by atomic mass is 35.5. The first-order valence-corrected chi connectivity index (χ1v) is 4.71. The fraction of sp³-hybridized carbons (Fsp3) is 0.444. The maximum absolute atomic E-state index is 9.39. The summed E-state index contributed by atoms with van der Waals surface area (Å²) in [6, 6.07) is 5.10. The van der Waals surface area contributed by atoms with E-state index in [0.29, 0.717) is 5.49 Å². The van der Waals surface area contributed by atoms with Crippen LogP contribution in [-0.2, 0) is 0 Å². The van der Waals surface area contributed by atoms with Gasteiger partial charge in [0, 0.05) is 6.54 Å². The van der Waals surface area contributed by atoms with Gasteiger partial charge in [-0.05, 0) is 18.6 Å². The number of rotatable bonds is 3. The molecule has 1 heterocycles. The van der Waals surface area contributed by atoms with Crippen molar-refractivity contribution in [2.24, 2.45) is 4.99 Å². The second-order valence-corrected chi connectivity index (χ2v) is 3.14. The number of aromatic nitrogens is 1. The first-order valence-electron chi connectivity index (χ1n) is 4.33. The molecular weight excluding hydrogens is 188 g/mol. The molecule has 13 heavy (non-hydrogen) atoms. The highest BCUT2D eigenvalue weighted by molar-refractivity contribution is 6.29. The molecule has 72 valence electrons. The van der Waals surface area contributed by atoms with E-state index < -0.39 is 0 Å². The lowest BCUT2D eigenvalue weighted by atomic mass is 10.3. The molecular formula is C9H13ClN2O. The van der Waals surface area contributed by atoms with Crippen LogP contribution >= 0.6 is 11.6 Å². The van der Waals surface area contributed by atoms with E-state index in [9.17, 15) is 5.21 Å². The second kappa shape index (κ2) is 4.92. The lowest BCUT2D eigenvalue weighted by Gasteiger charge is -2.00. The van der Waals surface area contributed by atoms with Crippen molar-refractivity contribution in [3.63, 3.8) is 0 Å². The molecule has 0 fully saturated rings. The zero-order valence-corrected chi connectivity index (χ0v) is 8.33. The summed E-state index contributed by atoms with van der Waals surface area (Å²) in [5.74, 6) is 0. The predicted molar refractivity (Wildman–Crippen MR) is 52.0 cm³/mol. The third kappa shape index (κ3) is 2.77. The molecule has 4 heteroatoms. The molecule has 0 aromatic carbocycles. The zero-order valence-electron chi connectivity index (χ0n) is 7.57. The van der Waals surface area contributed by atoms with Crippen LogP contribution in [0, 0.1) is 0 Å². The van der Waals surface area contributed by atoms with Crippen molar-refractivity contribution < 1.29 is 5.21 Å². The van der Waals surface area contributed by atoms with Crippen LogP contribution in [0.4, 0.5) is 0 Å². The SMILES string of the molecule is CCCCN=c1cccc(Cl)n1O. The lowest BCUT2D eigenvalue weighted by molar-refractivity contribution is 0.172. The smallest absolute Gasteiger partial charge is 0.165 e. The molecule has 0 aliphatic heterocycles. The number of pyridine rings is 1. The molecule has 1 N–H and O–H groups in total. The molecule has 0 bridgehead atoms. The van der Waals surface area contributed by atoms with E-state index in [0.717, 1.165) is 24.1 Å². The molecule has 0 aliphatic rings. The van der Waals surface area contributed by atoms with Crippen molar-refractivity contribution in [3.05, 3.63) is 28.8 Å². The highest BCUT2D eigenvalue weighted by Crippen LogP contribution is 2.00. The molecule has 0 spiro atoms. The van der Waals surface area contributed by atoms with E-state index in [1.165, 1.54) is 0 Å². The maximum atomic E-state index is 9.39. The van der Waals surface area contributed by atoms with Crippen molar-refractivity contribution >= 4 is 11.6 Å². The molecule has 1 rings (SSSR count). The Hall–Kier alpha value is -0.960. The summed E-state index contributed by atoms with van der Waals surface area (Å²) in [5.41, 5.74) is 0.501.